The minimum atomic E-state index is -3.40. The highest BCUT2D eigenvalue weighted by molar-refractivity contribution is 7.90. The molecule has 0 aromatic heterocycles. The zero-order valence-electron chi connectivity index (χ0n) is 12.2. The molecule has 1 aromatic rings. The third kappa shape index (κ3) is 4.86. The summed E-state index contributed by atoms with van der Waals surface area (Å²) in [6.45, 7) is 3.63. The van der Waals surface area contributed by atoms with Gasteiger partial charge >= 0.3 is 5.97 Å². The molecule has 0 heterocycles. The molecule has 21 heavy (non-hydrogen) atoms. The predicted molar refractivity (Wildman–Crippen MR) is 78.0 cm³/mol. The maximum absolute atomic E-state index is 12.4. The summed E-state index contributed by atoms with van der Waals surface area (Å²) in [5, 5.41) is 8.73. The molecule has 1 aromatic carbocycles. The molecule has 0 spiro atoms. The lowest BCUT2D eigenvalue weighted by molar-refractivity contribution is -0.137. The summed E-state index contributed by atoms with van der Waals surface area (Å²) in [5.41, 5.74) is 0.233. The molecule has 0 unspecified atom stereocenters. The molecule has 7 heteroatoms. The molecule has 1 N–H and O–H groups in total. The molecule has 0 aliphatic heterocycles. The number of sulfone groups is 1. The molecule has 0 bridgehead atoms. The third-order valence-electron chi connectivity index (χ3n) is 2.96. The summed E-state index contributed by atoms with van der Waals surface area (Å²) in [4.78, 5) is 24.5. The van der Waals surface area contributed by atoms with E-state index in [4.69, 9.17) is 5.11 Å². The van der Waals surface area contributed by atoms with Gasteiger partial charge in [-0.15, -0.1) is 0 Å². The van der Waals surface area contributed by atoms with Gasteiger partial charge in [-0.3, -0.25) is 9.59 Å². The van der Waals surface area contributed by atoms with Gasteiger partial charge in [0.05, 0.1) is 11.3 Å². The van der Waals surface area contributed by atoms with Crippen LogP contribution in [0.3, 0.4) is 0 Å². The van der Waals surface area contributed by atoms with E-state index in [2.05, 4.69) is 0 Å². The van der Waals surface area contributed by atoms with Gasteiger partial charge in [0.2, 0.25) is 0 Å². The Morgan fingerprint density at radius 2 is 1.90 bits per heavy atom. The standard InChI is InChI=1S/C14H19NO5S/c1-10(2)15(8-7-13(16)17)14(18)11-5-4-6-12(9-11)21(3,19)20/h4-6,9-10H,7-8H2,1-3H3,(H,16,17). The van der Waals surface area contributed by atoms with E-state index in [-0.39, 0.29) is 35.4 Å². The van der Waals surface area contributed by atoms with Crippen LogP contribution in [0.1, 0.15) is 30.6 Å². The molecule has 0 saturated carbocycles. The topological polar surface area (TPSA) is 91.8 Å². The SMILES string of the molecule is CC(C)N(CCC(=O)O)C(=O)c1cccc(S(C)(=O)=O)c1. The van der Waals surface area contributed by atoms with Crippen molar-refractivity contribution < 1.29 is 23.1 Å². The molecule has 0 aliphatic carbocycles. The second-order valence-electron chi connectivity index (χ2n) is 5.04. The first-order valence-corrected chi connectivity index (χ1v) is 8.35. The average molecular weight is 313 g/mol. The lowest BCUT2D eigenvalue weighted by Crippen LogP contribution is -2.38. The molecule has 1 amide bonds. The molecule has 6 nitrogen and oxygen atoms in total. The van der Waals surface area contributed by atoms with Crippen molar-refractivity contribution in [3.63, 3.8) is 0 Å². The van der Waals surface area contributed by atoms with Gasteiger partial charge in [-0.05, 0) is 32.0 Å². The van der Waals surface area contributed by atoms with Crippen LogP contribution in [0.25, 0.3) is 0 Å². The zero-order valence-corrected chi connectivity index (χ0v) is 13.1. The van der Waals surface area contributed by atoms with Gasteiger partial charge in [-0.25, -0.2) is 8.42 Å². The lowest BCUT2D eigenvalue weighted by atomic mass is 10.1. The van der Waals surface area contributed by atoms with Crippen molar-refractivity contribution in [1.29, 1.82) is 0 Å². The molecule has 1 rings (SSSR count). The van der Waals surface area contributed by atoms with Crippen molar-refractivity contribution in [2.45, 2.75) is 31.2 Å². The average Bonchev–Trinajstić information content (AvgIpc) is 2.37. The van der Waals surface area contributed by atoms with Crippen molar-refractivity contribution in [3.8, 4) is 0 Å². The van der Waals surface area contributed by atoms with Gasteiger partial charge < -0.3 is 10.0 Å². The molecule has 0 atom stereocenters. The first kappa shape index (κ1) is 17.2. The number of amides is 1. The Hall–Kier alpha value is -1.89. The van der Waals surface area contributed by atoms with Crippen LogP contribution in [0.15, 0.2) is 29.2 Å². The van der Waals surface area contributed by atoms with Crippen LogP contribution in [0.5, 0.6) is 0 Å². The van der Waals surface area contributed by atoms with Crippen LogP contribution in [0.4, 0.5) is 0 Å². The first-order chi connectivity index (χ1) is 9.62. The Balaban J connectivity index is 3.07. The van der Waals surface area contributed by atoms with E-state index in [0.717, 1.165) is 6.26 Å². The maximum Gasteiger partial charge on any atom is 0.305 e. The fraction of sp³-hybridized carbons (Fsp3) is 0.429. The number of rotatable bonds is 6. The van der Waals surface area contributed by atoms with Gasteiger partial charge in [0, 0.05) is 24.4 Å². The van der Waals surface area contributed by atoms with Crippen LogP contribution < -0.4 is 0 Å². The summed E-state index contributed by atoms with van der Waals surface area (Å²) in [7, 11) is -3.40. The zero-order chi connectivity index (χ0) is 16.2. The highest BCUT2D eigenvalue weighted by Gasteiger charge is 2.20. The van der Waals surface area contributed by atoms with Crippen molar-refractivity contribution in [2.24, 2.45) is 0 Å². The lowest BCUT2D eigenvalue weighted by Gasteiger charge is -2.26. The van der Waals surface area contributed by atoms with Crippen LogP contribution in [-0.2, 0) is 14.6 Å². The van der Waals surface area contributed by atoms with Crippen molar-refractivity contribution in [3.05, 3.63) is 29.8 Å². The van der Waals surface area contributed by atoms with Crippen LogP contribution in [0.2, 0.25) is 0 Å². The Morgan fingerprint density at radius 3 is 2.38 bits per heavy atom. The number of carboxylic acids is 1. The van der Waals surface area contributed by atoms with E-state index in [0.29, 0.717) is 0 Å². The number of carbonyl (C=O) groups excluding carboxylic acids is 1. The van der Waals surface area contributed by atoms with Crippen LogP contribution in [-0.4, -0.2) is 49.1 Å². The van der Waals surface area contributed by atoms with Crippen molar-refractivity contribution >= 4 is 21.7 Å². The molecular formula is C14H19NO5S. The highest BCUT2D eigenvalue weighted by Crippen LogP contribution is 2.15. The molecule has 0 fully saturated rings. The Kier molecular flexibility index (Phi) is 5.48. The minimum absolute atomic E-state index is 0.0651. The summed E-state index contributed by atoms with van der Waals surface area (Å²) < 4.78 is 23.0. The smallest absolute Gasteiger partial charge is 0.305 e. The Morgan fingerprint density at radius 1 is 1.29 bits per heavy atom. The molecule has 0 radical (unpaired) electrons. The first-order valence-electron chi connectivity index (χ1n) is 6.46. The van der Waals surface area contributed by atoms with E-state index in [1.165, 1.54) is 29.2 Å². The van der Waals surface area contributed by atoms with E-state index in [1.807, 2.05) is 0 Å². The number of carboxylic acid groups (broad SMARTS) is 1. The number of aliphatic carboxylic acids is 1. The van der Waals surface area contributed by atoms with E-state index in [9.17, 15) is 18.0 Å². The van der Waals surface area contributed by atoms with Gasteiger partial charge in [0.25, 0.3) is 5.91 Å². The number of carbonyl (C=O) groups is 2. The fourth-order valence-corrected chi connectivity index (χ4v) is 2.50. The largest absolute Gasteiger partial charge is 0.481 e. The van der Waals surface area contributed by atoms with E-state index in [1.54, 1.807) is 13.8 Å². The summed E-state index contributed by atoms with van der Waals surface area (Å²) in [5.74, 6) is -1.37. The second kappa shape index (κ2) is 6.71. The molecule has 0 saturated heterocycles. The van der Waals surface area contributed by atoms with Gasteiger partial charge in [-0.1, -0.05) is 6.07 Å². The predicted octanol–water partition coefficient (Wildman–Crippen LogP) is 1.42. The Labute approximate surface area is 124 Å². The van der Waals surface area contributed by atoms with Gasteiger partial charge in [0.1, 0.15) is 0 Å². The van der Waals surface area contributed by atoms with E-state index >= 15 is 0 Å². The normalized spacial score (nSPS) is 11.4. The van der Waals surface area contributed by atoms with Crippen LogP contribution >= 0.6 is 0 Å². The van der Waals surface area contributed by atoms with Gasteiger partial charge in [-0.2, -0.15) is 0 Å². The number of benzene rings is 1. The monoisotopic (exact) mass is 313 g/mol. The molecule has 0 aliphatic rings. The number of hydrogen-bond donors (Lipinski definition) is 1. The fourth-order valence-electron chi connectivity index (χ4n) is 1.84. The molecular weight excluding hydrogens is 294 g/mol. The highest BCUT2D eigenvalue weighted by atomic mass is 32.2. The van der Waals surface area contributed by atoms with Crippen molar-refractivity contribution in [1.82, 2.24) is 4.90 Å². The Bertz CT molecular complexity index is 637. The number of hydrogen-bond acceptors (Lipinski definition) is 4. The van der Waals surface area contributed by atoms with Crippen LogP contribution in [0, 0.1) is 0 Å². The van der Waals surface area contributed by atoms with E-state index < -0.39 is 15.8 Å². The second-order valence-corrected chi connectivity index (χ2v) is 7.05. The van der Waals surface area contributed by atoms with Crippen molar-refractivity contribution in [2.75, 3.05) is 12.8 Å². The third-order valence-corrected chi connectivity index (χ3v) is 4.07. The van der Waals surface area contributed by atoms with Gasteiger partial charge in [0.15, 0.2) is 9.84 Å². The maximum atomic E-state index is 12.4. The summed E-state index contributed by atoms with van der Waals surface area (Å²) in [6, 6.07) is 5.57. The summed E-state index contributed by atoms with van der Waals surface area (Å²) >= 11 is 0. The quantitative estimate of drug-likeness (QED) is 0.857. The number of nitrogens with zero attached hydrogens (tertiary/aromatic N) is 1. The summed E-state index contributed by atoms with van der Waals surface area (Å²) in [6.07, 6.45) is 0.914. The minimum Gasteiger partial charge on any atom is -0.481 e. The molecule has 116 valence electrons.